The molecular formula is C14H12N4O2. The number of nitrogens with two attached hydrogens (primary N) is 1. The lowest BCUT2D eigenvalue weighted by Gasteiger charge is -2.00. The van der Waals surface area contributed by atoms with Crippen LogP contribution in [0.1, 0.15) is 5.69 Å². The molecule has 3 rings (SSSR count). The number of nitro benzene ring substituents is 1. The zero-order chi connectivity index (χ0) is 14.1. The van der Waals surface area contributed by atoms with E-state index in [1.165, 1.54) is 12.1 Å². The highest BCUT2D eigenvalue weighted by Crippen LogP contribution is 2.24. The molecule has 6 heteroatoms. The molecule has 1 aromatic carbocycles. The molecule has 6 nitrogen and oxygen atoms in total. The van der Waals surface area contributed by atoms with Gasteiger partial charge < -0.3 is 5.73 Å². The number of hydrogen-bond donors (Lipinski definition) is 1. The summed E-state index contributed by atoms with van der Waals surface area (Å²) in [6, 6.07) is 12.1. The molecule has 2 aromatic heterocycles. The van der Waals surface area contributed by atoms with Gasteiger partial charge in [-0.2, -0.15) is 0 Å². The summed E-state index contributed by atoms with van der Waals surface area (Å²) in [4.78, 5) is 14.8. The summed E-state index contributed by atoms with van der Waals surface area (Å²) in [7, 11) is 0. The molecule has 0 atom stereocenters. The molecule has 0 saturated heterocycles. The fraction of sp³-hybridized carbons (Fsp3) is 0.0714. The van der Waals surface area contributed by atoms with Gasteiger partial charge in [0.05, 0.1) is 16.1 Å². The fourth-order valence-corrected chi connectivity index (χ4v) is 2.19. The summed E-state index contributed by atoms with van der Waals surface area (Å²) in [6.45, 7) is 0.348. The maximum Gasteiger partial charge on any atom is 0.269 e. The number of fused-ring (bicyclic) bond motifs is 1. The number of non-ortho nitro benzene ring substituents is 1. The van der Waals surface area contributed by atoms with E-state index in [1.807, 2.05) is 28.8 Å². The van der Waals surface area contributed by atoms with Crippen molar-refractivity contribution in [3.63, 3.8) is 0 Å². The van der Waals surface area contributed by atoms with Gasteiger partial charge in [0.2, 0.25) is 0 Å². The minimum atomic E-state index is -0.418. The standard InChI is InChI=1S/C14H12N4O2/c15-9-12-13-3-1-2-8-17(13)14(16-12)10-4-6-11(7-5-10)18(19)20/h1-8H,9,15H2. The van der Waals surface area contributed by atoms with Crippen LogP contribution in [0.2, 0.25) is 0 Å². The minimum Gasteiger partial charge on any atom is -0.325 e. The predicted molar refractivity (Wildman–Crippen MR) is 75.2 cm³/mol. The third-order valence-corrected chi connectivity index (χ3v) is 3.15. The van der Waals surface area contributed by atoms with E-state index in [0.717, 1.165) is 22.6 Å². The molecule has 0 amide bonds. The Morgan fingerprint density at radius 3 is 2.60 bits per heavy atom. The third kappa shape index (κ3) is 1.92. The molecule has 0 aliphatic rings. The van der Waals surface area contributed by atoms with Crippen molar-refractivity contribution in [2.75, 3.05) is 0 Å². The zero-order valence-electron chi connectivity index (χ0n) is 10.6. The van der Waals surface area contributed by atoms with E-state index in [1.54, 1.807) is 12.1 Å². The largest absolute Gasteiger partial charge is 0.325 e. The van der Waals surface area contributed by atoms with Crippen LogP contribution in [0, 0.1) is 10.1 Å². The molecule has 0 unspecified atom stereocenters. The number of nitrogens with zero attached hydrogens (tertiary/aromatic N) is 3. The first-order valence-electron chi connectivity index (χ1n) is 6.11. The second-order valence-corrected chi connectivity index (χ2v) is 4.35. The summed E-state index contributed by atoms with van der Waals surface area (Å²) < 4.78 is 1.93. The lowest BCUT2D eigenvalue weighted by atomic mass is 10.2. The molecule has 0 aliphatic heterocycles. The number of hydrogen-bond acceptors (Lipinski definition) is 4. The number of pyridine rings is 1. The van der Waals surface area contributed by atoms with Crippen molar-refractivity contribution in [2.24, 2.45) is 5.73 Å². The van der Waals surface area contributed by atoms with Gasteiger partial charge in [-0.3, -0.25) is 14.5 Å². The van der Waals surface area contributed by atoms with Gasteiger partial charge in [0.15, 0.2) is 0 Å². The maximum atomic E-state index is 10.7. The summed E-state index contributed by atoms with van der Waals surface area (Å²) in [5, 5.41) is 10.7. The van der Waals surface area contributed by atoms with Crippen molar-refractivity contribution in [1.29, 1.82) is 0 Å². The Kier molecular flexibility index (Phi) is 2.92. The average molecular weight is 268 g/mol. The van der Waals surface area contributed by atoms with Crippen molar-refractivity contribution < 1.29 is 4.92 Å². The monoisotopic (exact) mass is 268 g/mol. The van der Waals surface area contributed by atoms with Gasteiger partial charge in [-0.25, -0.2) is 4.98 Å². The zero-order valence-corrected chi connectivity index (χ0v) is 10.6. The van der Waals surface area contributed by atoms with Gasteiger partial charge in [0.1, 0.15) is 5.82 Å². The molecule has 0 radical (unpaired) electrons. The van der Waals surface area contributed by atoms with Gasteiger partial charge in [-0.15, -0.1) is 0 Å². The summed E-state index contributed by atoms with van der Waals surface area (Å²) >= 11 is 0. The van der Waals surface area contributed by atoms with Crippen LogP contribution in [-0.4, -0.2) is 14.3 Å². The first-order valence-corrected chi connectivity index (χ1v) is 6.11. The average Bonchev–Trinajstić information content (AvgIpc) is 2.86. The van der Waals surface area contributed by atoms with Crippen LogP contribution in [0.5, 0.6) is 0 Å². The van der Waals surface area contributed by atoms with Crippen LogP contribution >= 0.6 is 0 Å². The van der Waals surface area contributed by atoms with Gasteiger partial charge in [-0.05, 0) is 24.3 Å². The van der Waals surface area contributed by atoms with E-state index >= 15 is 0 Å². The smallest absolute Gasteiger partial charge is 0.269 e. The highest BCUT2D eigenvalue weighted by Gasteiger charge is 2.12. The minimum absolute atomic E-state index is 0.0636. The van der Waals surface area contributed by atoms with Crippen molar-refractivity contribution in [1.82, 2.24) is 9.38 Å². The van der Waals surface area contributed by atoms with Crippen LogP contribution in [-0.2, 0) is 6.54 Å². The summed E-state index contributed by atoms with van der Waals surface area (Å²) in [6.07, 6.45) is 1.90. The van der Waals surface area contributed by atoms with Crippen LogP contribution in [0.15, 0.2) is 48.7 Å². The Morgan fingerprint density at radius 1 is 1.20 bits per heavy atom. The lowest BCUT2D eigenvalue weighted by molar-refractivity contribution is -0.384. The Balaban J connectivity index is 2.16. The van der Waals surface area contributed by atoms with E-state index in [9.17, 15) is 10.1 Å². The lowest BCUT2D eigenvalue weighted by Crippen LogP contribution is -1.96. The predicted octanol–water partition coefficient (Wildman–Crippen LogP) is 2.37. The fourth-order valence-electron chi connectivity index (χ4n) is 2.19. The molecule has 0 bridgehead atoms. The van der Waals surface area contributed by atoms with E-state index in [2.05, 4.69) is 4.98 Å². The number of imidazole rings is 1. The van der Waals surface area contributed by atoms with Crippen molar-refractivity contribution >= 4 is 11.2 Å². The summed E-state index contributed by atoms with van der Waals surface area (Å²) in [5.41, 5.74) is 8.34. The first-order chi connectivity index (χ1) is 9.70. The molecule has 0 aliphatic carbocycles. The van der Waals surface area contributed by atoms with Crippen LogP contribution in [0.25, 0.3) is 16.9 Å². The Bertz CT molecular complexity index is 777. The van der Waals surface area contributed by atoms with Gasteiger partial charge in [-0.1, -0.05) is 6.07 Å². The highest BCUT2D eigenvalue weighted by molar-refractivity contribution is 5.66. The Hall–Kier alpha value is -2.73. The number of rotatable bonds is 3. The quantitative estimate of drug-likeness (QED) is 0.583. The van der Waals surface area contributed by atoms with Crippen LogP contribution in [0.4, 0.5) is 5.69 Å². The molecule has 0 spiro atoms. The van der Waals surface area contributed by atoms with Crippen LogP contribution < -0.4 is 5.73 Å². The second-order valence-electron chi connectivity index (χ2n) is 4.35. The number of nitro groups is 1. The van der Waals surface area contributed by atoms with Crippen molar-refractivity contribution in [3.8, 4) is 11.4 Å². The van der Waals surface area contributed by atoms with E-state index < -0.39 is 4.92 Å². The van der Waals surface area contributed by atoms with Crippen LogP contribution in [0.3, 0.4) is 0 Å². The molecule has 0 saturated carbocycles. The second kappa shape index (κ2) is 4.75. The van der Waals surface area contributed by atoms with Gasteiger partial charge in [0.25, 0.3) is 5.69 Å². The number of aromatic nitrogens is 2. The van der Waals surface area contributed by atoms with Gasteiger partial charge >= 0.3 is 0 Å². The maximum absolute atomic E-state index is 10.7. The molecule has 2 heterocycles. The highest BCUT2D eigenvalue weighted by atomic mass is 16.6. The molecule has 2 N–H and O–H groups in total. The Morgan fingerprint density at radius 2 is 1.95 bits per heavy atom. The normalized spacial score (nSPS) is 10.8. The SMILES string of the molecule is NCc1nc(-c2ccc([N+](=O)[O-])cc2)n2ccccc12. The molecule has 3 aromatic rings. The van der Waals surface area contributed by atoms with Crippen molar-refractivity contribution in [2.45, 2.75) is 6.54 Å². The first kappa shape index (κ1) is 12.3. The third-order valence-electron chi connectivity index (χ3n) is 3.15. The van der Waals surface area contributed by atoms with Gasteiger partial charge in [0, 0.05) is 30.4 Å². The Labute approximate surface area is 114 Å². The topological polar surface area (TPSA) is 86.5 Å². The number of benzene rings is 1. The molecule has 0 fully saturated rings. The van der Waals surface area contributed by atoms with Crippen molar-refractivity contribution in [3.05, 3.63) is 64.5 Å². The van der Waals surface area contributed by atoms with E-state index in [-0.39, 0.29) is 5.69 Å². The van der Waals surface area contributed by atoms with E-state index in [0.29, 0.717) is 6.54 Å². The molecule has 100 valence electrons. The molecule has 20 heavy (non-hydrogen) atoms. The summed E-state index contributed by atoms with van der Waals surface area (Å²) in [5.74, 6) is 0.732. The van der Waals surface area contributed by atoms with E-state index in [4.69, 9.17) is 5.73 Å². The molecular weight excluding hydrogens is 256 g/mol.